The summed E-state index contributed by atoms with van der Waals surface area (Å²) in [6.45, 7) is 0. The molecule has 0 radical (unpaired) electrons. The Morgan fingerprint density at radius 1 is 0.722 bits per heavy atom. The van der Waals surface area contributed by atoms with Crippen molar-refractivity contribution in [1.29, 1.82) is 0 Å². The van der Waals surface area contributed by atoms with Crippen molar-refractivity contribution in [1.82, 2.24) is 0 Å². The Bertz CT molecular complexity index is 473. The van der Waals surface area contributed by atoms with Crippen LogP contribution in [0.5, 0.6) is 0 Å². The molecule has 6 heteroatoms. The van der Waals surface area contributed by atoms with Gasteiger partial charge in [-0.05, 0) is 62.2 Å². The molecule has 2 aromatic rings. The van der Waals surface area contributed by atoms with Gasteiger partial charge in [-0.25, -0.2) is 0 Å². The van der Waals surface area contributed by atoms with E-state index in [2.05, 4.69) is 63.7 Å². The zero-order chi connectivity index (χ0) is 13.7. The third-order valence-electron chi connectivity index (χ3n) is 1.88. The standard InChI is InChI=1S/2C6H5Br2N/c7-4-1-5(8)3-6(9)2-4;7-4-2-1-3-5(8)6(4)9/h2*1-3H,9H2. The first-order valence-electron chi connectivity index (χ1n) is 4.81. The number of rotatable bonds is 0. The molecule has 0 saturated heterocycles. The second kappa shape index (κ2) is 7.53. The Morgan fingerprint density at radius 2 is 1.17 bits per heavy atom. The molecule has 0 aromatic heterocycles. The van der Waals surface area contributed by atoms with Crippen molar-refractivity contribution in [2.75, 3.05) is 11.5 Å². The summed E-state index contributed by atoms with van der Waals surface area (Å²) >= 11 is 13.2. The smallest absolute Gasteiger partial charge is 0.0602 e. The van der Waals surface area contributed by atoms with Crippen LogP contribution in [0.15, 0.2) is 54.3 Å². The molecular weight excluding hydrogens is 492 g/mol. The normalized spacial score (nSPS) is 9.56. The van der Waals surface area contributed by atoms with E-state index >= 15 is 0 Å². The van der Waals surface area contributed by atoms with E-state index in [-0.39, 0.29) is 0 Å². The van der Waals surface area contributed by atoms with Crippen LogP contribution in [0.4, 0.5) is 11.4 Å². The van der Waals surface area contributed by atoms with Crippen molar-refractivity contribution in [2.24, 2.45) is 0 Å². The summed E-state index contributed by atoms with van der Waals surface area (Å²) < 4.78 is 3.84. The van der Waals surface area contributed by atoms with Gasteiger partial charge in [0, 0.05) is 23.6 Å². The number of benzene rings is 2. The molecule has 0 amide bonds. The average Bonchev–Trinajstić information content (AvgIpc) is 2.24. The molecule has 96 valence electrons. The van der Waals surface area contributed by atoms with Gasteiger partial charge in [-0.15, -0.1) is 0 Å². The summed E-state index contributed by atoms with van der Waals surface area (Å²) in [6.07, 6.45) is 0. The molecule has 18 heavy (non-hydrogen) atoms. The first-order valence-corrected chi connectivity index (χ1v) is 7.98. The van der Waals surface area contributed by atoms with Crippen LogP contribution in [0.2, 0.25) is 0 Å². The Kier molecular flexibility index (Phi) is 6.70. The molecule has 0 saturated carbocycles. The van der Waals surface area contributed by atoms with Crippen LogP contribution >= 0.6 is 63.7 Å². The van der Waals surface area contributed by atoms with E-state index in [0.717, 1.165) is 29.3 Å². The van der Waals surface area contributed by atoms with Gasteiger partial charge in [0.1, 0.15) is 0 Å². The number of para-hydroxylation sites is 1. The van der Waals surface area contributed by atoms with Crippen LogP contribution in [0, 0.1) is 0 Å². The first kappa shape index (κ1) is 16.0. The third-order valence-corrected chi connectivity index (χ3v) is 4.18. The van der Waals surface area contributed by atoms with Gasteiger partial charge < -0.3 is 11.5 Å². The summed E-state index contributed by atoms with van der Waals surface area (Å²) in [4.78, 5) is 0. The van der Waals surface area contributed by atoms with Gasteiger partial charge in [0.05, 0.1) is 5.69 Å². The van der Waals surface area contributed by atoms with Crippen molar-refractivity contribution in [3.63, 3.8) is 0 Å². The molecule has 4 N–H and O–H groups in total. The van der Waals surface area contributed by atoms with Gasteiger partial charge in [-0.2, -0.15) is 0 Å². The van der Waals surface area contributed by atoms with Crippen LogP contribution in [-0.2, 0) is 0 Å². The summed E-state index contributed by atoms with van der Waals surface area (Å²) in [5.74, 6) is 0. The zero-order valence-electron chi connectivity index (χ0n) is 9.13. The molecule has 2 aromatic carbocycles. The predicted molar refractivity (Wildman–Crippen MR) is 92.5 cm³/mol. The van der Waals surface area contributed by atoms with E-state index in [1.165, 1.54) is 0 Å². The summed E-state index contributed by atoms with van der Waals surface area (Å²) in [5.41, 5.74) is 12.6. The number of nitrogen functional groups attached to an aromatic ring is 2. The van der Waals surface area contributed by atoms with Gasteiger partial charge in [-0.3, -0.25) is 0 Å². The number of hydrogen-bond donors (Lipinski definition) is 2. The second-order valence-electron chi connectivity index (χ2n) is 3.34. The average molecular weight is 502 g/mol. The van der Waals surface area contributed by atoms with E-state index in [0.29, 0.717) is 0 Å². The second-order valence-corrected chi connectivity index (χ2v) is 6.88. The highest BCUT2D eigenvalue weighted by Crippen LogP contribution is 2.26. The highest BCUT2D eigenvalue weighted by atomic mass is 79.9. The number of hydrogen-bond acceptors (Lipinski definition) is 2. The molecule has 0 heterocycles. The lowest BCUT2D eigenvalue weighted by atomic mass is 10.3. The molecule has 0 aliphatic heterocycles. The molecule has 0 bridgehead atoms. The van der Waals surface area contributed by atoms with Crippen molar-refractivity contribution >= 4 is 75.1 Å². The van der Waals surface area contributed by atoms with Crippen molar-refractivity contribution in [2.45, 2.75) is 0 Å². The van der Waals surface area contributed by atoms with Crippen LogP contribution in [0.3, 0.4) is 0 Å². The van der Waals surface area contributed by atoms with Gasteiger partial charge in [0.15, 0.2) is 0 Å². The minimum absolute atomic E-state index is 0.748. The maximum atomic E-state index is 5.59. The highest BCUT2D eigenvalue weighted by Gasteiger charge is 1.96. The Labute approximate surface area is 140 Å². The highest BCUT2D eigenvalue weighted by molar-refractivity contribution is 9.11. The Balaban J connectivity index is 0.000000180. The van der Waals surface area contributed by atoms with Gasteiger partial charge in [0.25, 0.3) is 0 Å². The van der Waals surface area contributed by atoms with Crippen LogP contribution < -0.4 is 11.5 Å². The molecule has 0 aliphatic rings. The summed E-state index contributed by atoms with van der Waals surface area (Å²) in [7, 11) is 0. The Hall–Kier alpha value is -0.0400. The molecule has 2 rings (SSSR count). The van der Waals surface area contributed by atoms with Gasteiger partial charge in [0.2, 0.25) is 0 Å². The maximum Gasteiger partial charge on any atom is 0.0602 e. The lowest BCUT2D eigenvalue weighted by Gasteiger charge is -1.97. The van der Waals surface area contributed by atoms with Crippen molar-refractivity contribution in [3.8, 4) is 0 Å². The SMILES string of the molecule is Nc1c(Br)cccc1Br.Nc1cc(Br)cc(Br)c1. The summed E-state index contributed by atoms with van der Waals surface area (Å²) in [6, 6.07) is 11.4. The molecule has 0 spiro atoms. The molecule has 2 nitrogen and oxygen atoms in total. The van der Waals surface area contributed by atoms with Crippen LogP contribution in [0.1, 0.15) is 0 Å². The largest absolute Gasteiger partial charge is 0.399 e. The lowest BCUT2D eigenvalue weighted by Crippen LogP contribution is -1.86. The Morgan fingerprint density at radius 3 is 1.50 bits per heavy atom. The number of halogens is 4. The molecular formula is C12H10Br4N2. The third kappa shape index (κ3) is 5.30. The van der Waals surface area contributed by atoms with Crippen molar-refractivity contribution < 1.29 is 0 Å². The van der Waals surface area contributed by atoms with Crippen LogP contribution in [0.25, 0.3) is 0 Å². The molecule has 0 aliphatic carbocycles. The minimum Gasteiger partial charge on any atom is -0.399 e. The fourth-order valence-corrected chi connectivity index (χ4v) is 3.41. The number of anilines is 2. The molecule has 0 atom stereocenters. The monoisotopic (exact) mass is 498 g/mol. The topological polar surface area (TPSA) is 52.0 Å². The maximum absolute atomic E-state index is 5.59. The van der Waals surface area contributed by atoms with E-state index < -0.39 is 0 Å². The fraction of sp³-hybridized carbons (Fsp3) is 0. The molecule has 0 unspecified atom stereocenters. The van der Waals surface area contributed by atoms with Crippen molar-refractivity contribution in [3.05, 3.63) is 54.3 Å². The predicted octanol–water partition coefficient (Wildman–Crippen LogP) is 5.59. The van der Waals surface area contributed by atoms with Gasteiger partial charge >= 0.3 is 0 Å². The van der Waals surface area contributed by atoms with Gasteiger partial charge in [-0.1, -0.05) is 37.9 Å². The first-order chi connectivity index (χ1) is 8.40. The van der Waals surface area contributed by atoms with Crippen LogP contribution in [-0.4, -0.2) is 0 Å². The zero-order valence-corrected chi connectivity index (χ0v) is 15.5. The lowest BCUT2D eigenvalue weighted by molar-refractivity contribution is 1.59. The molecule has 0 fully saturated rings. The minimum atomic E-state index is 0.748. The van der Waals surface area contributed by atoms with E-state index in [4.69, 9.17) is 11.5 Å². The van der Waals surface area contributed by atoms with E-state index in [1.54, 1.807) is 0 Å². The summed E-state index contributed by atoms with van der Waals surface area (Å²) in [5, 5.41) is 0. The quantitative estimate of drug-likeness (QED) is 0.463. The van der Waals surface area contributed by atoms with E-state index in [1.807, 2.05) is 36.4 Å². The number of nitrogens with two attached hydrogens (primary N) is 2. The fourth-order valence-electron chi connectivity index (χ4n) is 1.09. The van der Waals surface area contributed by atoms with E-state index in [9.17, 15) is 0 Å².